The zero-order valence-corrected chi connectivity index (χ0v) is 12.3. The highest BCUT2D eigenvalue weighted by Crippen LogP contribution is 2.27. The van der Waals surface area contributed by atoms with Gasteiger partial charge in [0.25, 0.3) is 5.91 Å². The van der Waals surface area contributed by atoms with E-state index in [1.807, 2.05) is 0 Å². The normalized spacial score (nSPS) is 21.4. The van der Waals surface area contributed by atoms with E-state index in [0.29, 0.717) is 13.0 Å². The van der Waals surface area contributed by atoms with Crippen LogP contribution in [0.2, 0.25) is 0 Å². The molecule has 0 spiro atoms. The second-order valence-electron chi connectivity index (χ2n) is 5.55. The van der Waals surface area contributed by atoms with Crippen molar-refractivity contribution >= 4 is 17.8 Å². The number of imide groups is 1. The largest absolute Gasteiger partial charge is 0.433 e. The van der Waals surface area contributed by atoms with Gasteiger partial charge in [0, 0.05) is 19.3 Å². The van der Waals surface area contributed by atoms with Crippen molar-refractivity contribution in [1.82, 2.24) is 20.1 Å². The van der Waals surface area contributed by atoms with Gasteiger partial charge >= 0.3 is 12.2 Å². The highest BCUT2D eigenvalue weighted by atomic mass is 19.4. The number of alkyl halides is 3. The van der Waals surface area contributed by atoms with Crippen molar-refractivity contribution in [1.29, 1.82) is 0 Å². The van der Waals surface area contributed by atoms with Crippen LogP contribution in [0.25, 0.3) is 0 Å². The molecular weight excluding hydrogens is 329 g/mol. The molecule has 1 aromatic heterocycles. The van der Waals surface area contributed by atoms with Crippen molar-refractivity contribution in [3.8, 4) is 0 Å². The van der Waals surface area contributed by atoms with E-state index in [1.54, 1.807) is 0 Å². The van der Waals surface area contributed by atoms with Crippen LogP contribution in [0.3, 0.4) is 0 Å². The molecule has 4 amide bonds. The maximum Gasteiger partial charge on any atom is 0.433 e. The number of aromatic nitrogens is 1. The average Bonchev–Trinajstić information content (AvgIpc) is 3.13. The summed E-state index contributed by atoms with van der Waals surface area (Å²) in [5.74, 6) is -0.832. The third-order valence-corrected chi connectivity index (χ3v) is 3.99. The Kier molecular flexibility index (Phi) is 3.90. The van der Waals surface area contributed by atoms with Gasteiger partial charge in [0.05, 0.1) is 18.2 Å². The summed E-state index contributed by atoms with van der Waals surface area (Å²) in [5, 5.41) is 2.41. The summed E-state index contributed by atoms with van der Waals surface area (Å²) in [6.07, 6.45) is -3.26. The number of likely N-dealkylation sites (tertiary alicyclic amines) is 1. The fourth-order valence-electron chi connectivity index (χ4n) is 2.81. The summed E-state index contributed by atoms with van der Waals surface area (Å²) in [5.41, 5.74) is -1.04. The molecule has 0 aliphatic carbocycles. The van der Waals surface area contributed by atoms with Gasteiger partial charge in [-0.1, -0.05) is 0 Å². The van der Waals surface area contributed by atoms with Gasteiger partial charge in [0.2, 0.25) is 5.91 Å². The zero-order valence-electron chi connectivity index (χ0n) is 12.3. The first-order valence-corrected chi connectivity index (χ1v) is 7.20. The fraction of sp³-hybridized carbons (Fsp3) is 0.429. The molecule has 0 bridgehead atoms. The highest BCUT2D eigenvalue weighted by Gasteiger charge is 2.40. The topological polar surface area (TPSA) is 82.6 Å². The number of carbonyl (C=O) groups excluding carboxylic acids is 3. The number of hydrogen-bond donors (Lipinski definition) is 1. The Balaban J connectivity index is 1.68. The van der Waals surface area contributed by atoms with Crippen LogP contribution in [-0.4, -0.2) is 58.3 Å². The summed E-state index contributed by atoms with van der Waals surface area (Å²) in [6.45, 7) is 0.396. The third kappa shape index (κ3) is 2.91. The molecule has 2 saturated heterocycles. The van der Waals surface area contributed by atoms with Crippen molar-refractivity contribution in [2.75, 3.05) is 19.6 Å². The number of rotatable bonds is 2. The van der Waals surface area contributed by atoms with E-state index in [-0.39, 0.29) is 24.6 Å². The number of pyridine rings is 1. The van der Waals surface area contributed by atoms with Crippen LogP contribution in [0.1, 0.15) is 22.5 Å². The molecule has 2 aliphatic rings. The second kappa shape index (κ2) is 5.77. The molecule has 1 N–H and O–H groups in total. The molecule has 0 radical (unpaired) electrons. The fourth-order valence-corrected chi connectivity index (χ4v) is 2.81. The van der Waals surface area contributed by atoms with Gasteiger partial charge in [-0.15, -0.1) is 0 Å². The molecular formula is C14H13F3N4O3. The van der Waals surface area contributed by atoms with Gasteiger partial charge in [-0.3, -0.25) is 19.5 Å². The van der Waals surface area contributed by atoms with Gasteiger partial charge in [-0.25, -0.2) is 4.79 Å². The number of carbonyl (C=O) groups is 3. The smallest absolute Gasteiger partial charge is 0.336 e. The molecule has 0 aromatic carbocycles. The molecule has 24 heavy (non-hydrogen) atoms. The molecule has 0 saturated carbocycles. The Bertz CT molecular complexity index is 674. The quantitative estimate of drug-likeness (QED) is 0.809. The van der Waals surface area contributed by atoms with Crippen LogP contribution in [0, 0.1) is 0 Å². The van der Waals surface area contributed by atoms with Gasteiger partial charge in [-0.2, -0.15) is 13.2 Å². The van der Waals surface area contributed by atoms with E-state index in [1.165, 1.54) is 4.90 Å². The number of urea groups is 1. The zero-order chi connectivity index (χ0) is 17.5. The van der Waals surface area contributed by atoms with Crippen molar-refractivity contribution in [3.05, 3.63) is 29.6 Å². The predicted molar refractivity (Wildman–Crippen MR) is 73.8 cm³/mol. The van der Waals surface area contributed by atoms with Crippen LogP contribution >= 0.6 is 0 Å². The Morgan fingerprint density at radius 1 is 1.29 bits per heavy atom. The number of nitrogens with one attached hydrogen (secondary N) is 1. The molecule has 0 unspecified atom stereocenters. The Hall–Kier alpha value is -2.65. The molecule has 1 aromatic rings. The summed E-state index contributed by atoms with van der Waals surface area (Å²) in [7, 11) is 0. The van der Waals surface area contributed by atoms with Crippen LogP contribution in [0.15, 0.2) is 18.3 Å². The first-order valence-electron chi connectivity index (χ1n) is 7.20. The standard InChI is InChI=1S/C14H13F3N4O3/c15-14(16,17)10-2-1-8(5-18-10)12(23)20-4-3-9(7-20)21-11(22)6-19-13(21)24/h1-2,5,9H,3-4,6-7H2,(H,19,24)/t9-/m1/s1. The summed E-state index contributed by atoms with van der Waals surface area (Å²) < 4.78 is 37.5. The van der Waals surface area contributed by atoms with E-state index >= 15 is 0 Å². The molecule has 2 aliphatic heterocycles. The van der Waals surface area contributed by atoms with E-state index in [2.05, 4.69) is 10.3 Å². The van der Waals surface area contributed by atoms with Gasteiger partial charge in [-0.05, 0) is 18.6 Å². The monoisotopic (exact) mass is 342 g/mol. The highest BCUT2D eigenvalue weighted by molar-refractivity contribution is 6.02. The summed E-state index contributed by atoms with van der Waals surface area (Å²) >= 11 is 0. The van der Waals surface area contributed by atoms with E-state index in [4.69, 9.17) is 0 Å². The predicted octanol–water partition coefficient (Wildman–Crippen LogP) is 0.867. The lowest BCUT2D eigenvalue weighted by Crippen LogP contribution is -2.42. The number of amides is 4. The van der Waals surface area contributed by atoms with Crippen molar-refractivity contribution in [2.24, 2.45) is 0 Å². The first kappa shape index (κ1) is 16.2. The number of nitrogens with zero attached hydrogens (tertiary/aromatic N) is 3. The second-order valence-corrected chi connectivity index (χ2v) is 5.55. The molecule has 2 fully saturated rings. The van der Waals surface area contributed by atoms with Gasteiger partial charge in [0.1, 0.15) is 5.69 Å². The van der Waals surface area contributed by atoms with E-state index in [0.717, 1.165) is 23.2 Å². The summed E-state index contributed by atoms with van der Waals surface area (Å²) in [6, 6.07) is 0.902. The average molecular weight is 342 g/mol. The van der Waals surface area contributed by atoms with Crippen LogP contribution in [-0.2, 0) is 11.0 Å². The lowest BCUT2D eigenvalue weighted by atomic mass is 10.2. The molecule has 128 valence electrons. The van der Waals surface area contributed by atoms with Crippen LogP contribution < -0.4 is 5.32 Å². The lowest BCUT2D eigenvalue weighted by Gasteiger charge is -2.21. The minimum Gasteiger partial charge on any atom is -0.336 e. The SMILES string of the molecule is O=C(c1ccc(C(F)(F)F)nc1)N1CC[C@@H](N2C(=O)CNC2=O)C1. The molecule has 3 rings (SSSR count). The minimum atomic E-state index is -4.57. The van der Waals surface area contributed by atoms with E-state index in [9.17, 15) is 27.6 Å². The lowest BCUT2D eigenvalue weighted by molar-refractivity contribution is -0.141. The molecule has 3 heterocycles. The van der Waals surface area contributed by atoms with Crippen LogP contribution in [0.4, 0.5) is 18.0 Å². The number of halogens is 3. The van der Waals surface area contributed by atoms with Crippen molar-refractivity contribution in [3.63, 3.8) is 0 Å². The first-order chi connectivity index (χ1) is 11.3. The molecule has 10 heteroatoms. The Morgan fingerprint density at radius 2 is 2.04 bits per heavy atom. The van der Waals surface area contributed by atoms with Crippen molar-refractivity contribution < 1.29 is 27.6 Å². The molecule has 1 atom stereocenters. The van der Waals surface area contributed by atoms with Gasteiger partial charge < -0.3 is 10.2 Å². The maximum atomic E-state index is 12.5. The molecule has 7 nitrogen and oxygen atoms in total. The van der Waals surface area contributed by atoms with Crippen molar-refractivity contribution in [2.45, 2.75) is 18.6 Å². The number of hydrogen-bond acceptors (Lipinski definition) is 4. The Morgan fingerprint density at radius 3 is 2.58 bits per heavy atom. The third-order valence-electron chi connectivity index (χ3n) is 3.99. The minimum absolute atomic E-state index is 0.0286. The van der Waals surface area contributed by atoms with E-state index < -0.39 is 29.9 Å². The van der Waals surface area contributed by atoms with Gasteiger partial charge in [0.15, 0.2) is 0 Å². The summed E-state index contributed by atoms with van der Waals surface area (Å²) in [4.78, 5) is 41.4. The Labute approximate surface area is 134 Å². The van der Waals surface area contributed by atoms with Crippen LogP contribution in [0.5, 0.6) is 0 Å². The maximum absolute atomic E-state index is 12.5.